The van der Waals surface area contributed by atoms with E-state index in [1.165, 1.54) is 23.1 Å². The molecule has 3 rings (SSSR count). The lowest BCUT2D eigenvalue weighted by Crippen LogP contribution is -2.30. The van der Waals surface area contributed by atoms with Crippen LogP contribution in [-0.2, 0) is 10.5 Å². The summed E-state index contributed by atoms with van der Waals surface area (Å²) < 4.78 is 6.42. The van der Waals surface area contributed by atoms with Crippen molar-refractivity contribution in [3.05, 3.63) is 63.6 Å². The van der Waals surface area contributed by atoms with Gasteiger partial charge in [0.25, 0.3) is 5.91 Å². The number of anilines is 1. The van der Waals surface area contributed by atoms with Crippen LogP contribution in [0.25, 0.3) is 0 Å². The van der Waals surface area contributed by atoms with Crippen molar-refractivity contribution in [2.45, 2.75) is 30.0 Å². The summed E-state index contributed by atoms with van der Waals surface area (Å²) in [6.45, 7) is 3.55. The van der Waals surface area contributed by atoms with E-state index in [0.29, 0.717) is 21.7 Å². The van der Waals surface area contributed by atoms with Crippen molar-refractivity contribution < 1.29 is 9.53 Å². The predicted molar refractivity (Wildman–Crippen MR) is 116 cm³/mol. The zero-order valence-corrected chi connectivity index (χ0v) is 18.3. The Labute approximate surface area is 181 Å². The molecule has 1 heterocycles. The number of halogens is 2. The molecule has 0 bridgehead atoms. The summed E-state index contributed by atoms with van der Waals surface area (Å²) in [6, 6.07) is 12.9. The maximum absolute atomic E-state index is 12.4. The number of carbonyl (C=O) groups is 1. The molecule has 146 valence electrons. The van der Waals surface area contributed by atoms with Gasteiger partial charge in [0.2, 0.25) is 5.13 Å². The van der Waals surface area contributed by atoms with Crippen LogP contribution in [0.1, 0.15) is 18.1 Å². The van der Waals surface area contributed by atoms with Gasteiger partial charge < -0.3 is 4.74 Å². The lowest BCUT2D eigenvalue weighted by atomic mass is 10.2. The molecule has 0 radical (unpaired) electrons. The van der Waals surface area contributed by atoms with Crippen LogP contribution >= 0.6 is 46.3 Å². The van der Waals surface area contributed by atoms with Gasteiger partial charge in [-0.3, -0.25) is 10.1 Å². The van der Waals surface area contributed by atoms with E-state index in [0.717, 1.165) is 20.5 Å². The first-order valence-electron chi connectivity index (χ1n) is 8.36. The second kappa shape index (κ2) is 9.60. The van der Waals surface area contributed by atoms with Gasteiger partial charge in [0.05, 0.1) is 0 Å². The van der Waals surface area contributed by atoms with Gasteiger partial charge in [-0.25, -0.2) is 0 Å². The summed E-state index contributed by atoms with van der Waals surface area (Å²) in [4.78, 5) is 12.4. The molecule has 0 fully saturated rings. The van der Waals surface area contributed by atoms with E-state index < -0.39 is 6.10 Å². The number of hydrogen-bond acceptors (Lipinski definition) is 6. The average molecular weight is 454 g/mol. The van der Waals surface area contributed by atoms with Gasteiger partial charge in [-0.2, -0.15) is 0 Å². The van der Waals surface area contributed by atoms with E-state index in [4.69, 9.17) is 27.9 Å². The second-order valence-corrected chi connectivity index (χ2v) is 8.93. The van der Waals surface area contributed by atoms with Gasteiger partial charge >= 0.3 is 0 Å². The van der Waals surface area contributed by atoms with Crippen molar-refractivity contribution in [2.75, 3.05) is 5.32 Å². The van der Waals surface area contributed by atoms with E-state index in [2.05, 4.69) is 15.5 Å². The van der Waals surface area contributed by atoms with E-state index >= 15 is 0 Å². The molecule has 1 atom stereocenters. The van der Waals surface area contributed by atoms with Crippen LogP contribution in [0.2, 0.25) is 10.0 Å². The van der Waals surface area contributed by atoms with Crippen molar-refractivity contribution in [3.8, 4) is 5.75 Å². The first kappa shape index (κ1) is 20.9. The van der Waals surface area contributed by atoms with Gasteiger partial charge in [-0.1, -0.05) is 64.5 Å². The van der Waals surface area contributed by atoms with E-state index in [9.17, 15) is 4.79 Å². The van der Waals surface area contributed by atoms with Crippen LogP contribution in [0, 0.1) is 6.92 Å². The van der Waals surface area contributed by atoms with Gasteiger partial charge in [0.15, 0.2) is 10.4 Å². The molecule has 1 aromatic heterocycles. The van der Waals surface area contributed by atoms with E-state index in [-0.39, 0.29) is 5.91 Å². The van der Waals surface area contributed by atoms with Gasteiger partial charge in [-0.15, -0.1) is 10.2 Å². The summed E-state index contributed by atoms with van der Waals surface area (Å²) in [6.07, 6.45) is -0.691. The highest BCUT2D eigenvalue weighted by Crippen LogP contribution is 2.30. The third-order valence-corrected chi connectivity index (χ3v) is 6.57. The first-order valence-corrected chi connectivity index (χ1v) is 10.9. The highest BCUT2D eigenvalue weighted by molar-refractivity contribution is 8.00. The summed E-state index contributed by atoms with van der Waals surface area (Å²) in [7, 11) is 0. The van der Waals surface area contributed by atoms with Crippen LogP contribution in [-0.4, -0.2) is 22.2 Å². The minimum atomic E-state index is -0.691. The van der Waals surface area contributed by atoms with Gasteiger partial charge in [-0.05, 0) is 49.2 Å². The number of ether oxygens (including phenoxy) is 1. The molecule has 0 saturated carbocycles. The number of amides is 1. The zero-order chi connectivity index (χ0) is 20.1. The van der Waals surface area contributed by atoms with E-state index in [1.54, 1.807) is 25.1 Å². The number of carbonyl (C=O) groups excluding carboxylic acids is 1. The van der Waals surface area contributed by atoms with Crippen molar-refractivity contribution in [1.29, 1.82) is 0 Å². The SMILES string of the molecule is Cc1cc(OC(C)C(=O)Nc2nnc(SCc3ccccc3Cl)s2)ccc1Cl. The number of rotatable bonds is 7. The van der Waals surface area contributed by atoms with Crippen molar-refractivity contribution in [3.63, 3.8) is 0 Å². The molecule has 1 N–H and O–H groups in total. The Morgan fingerprint density at radius 3 is 2.75 bits per heavy atom. The number of aryl methyl sites for hydroxylation is 1. The number of thioether (sulfide) groups is 1. The topological polar surface area (TPSA) is 64.1 Å². The fourth-order valence-corrected chi connectivity index (χ4v) is 4.39. The number of hydrogen-bond donors (Lipinski definition) is 1. The minimum absolute atomic E-state index is 0.300. The molecule has 5 nitrogen and oxygen atoms in total. The molecular formula is C19H17Cl2N3O2S2. The van der Waals surface area contributed by atoms with Crippen LogP contribution in [0.5, 0.6) is 5.75 Å². The fourth-order valence-electron chi connectivity index (χ4n) is 2.23. The smallest absolute Gasteiger partial charge is 0.266 e. The van der Waals surface area contributed by atoms with Crippen molar-refractivity contribution >= 4 is 57.3 Å². The number of nitrogens with zero attached hydrogens (tertiary/aromatic N) is 2. The Balaban J connectivity index is 1.54. The van der Waals surface area contributed by atoms with Crippen molar-refractivity contribution in [2.24, 2.45) is 0 Å². The lowest BCUT2D eigenvalue weighted by molar-refractivity contribution is -0.122. The predicted octanol–water partition coefficient (Wildman–Crippen LogP) is 5.85. The standard InChI is InChI=1S/C19H17Cl2N3O2S2/c1-11-9-14(7-8-15(11)20)26-12(2)17(25)22-18-23-24-19(28-18)27-10-13-5-3-4-6-16(13)21/h3-9,12H,10H2,1-2H3,(H,22,23,25). The molecule has 2 aromatic carbocycles. The lowest BCUT2D eigenvalue weighted by Gasteiger charge is -2.14. The number of aromatic nitrogens is 2. The Hall–Kier alpha value is -1.80. The molecule has 1 unspecified atom stereocenters. The first-order chi connectivity index (χ1) is 13.4. The molecule has 9 heteroatoms. The summed E-state index contributed by atoms with van der Waals surface area (Å²) in [5.41, 5.74) is 1.91. The summed E-state index contributed by atoms with van der Waals surface area (Å²) >= 11 is 15.0. The maximum atomic E-state index is 12.4. The Morgan fingerprint density at radius 1 is 1.21 bits per heavy atom. The molecule has 0 aliphatic carbocycles. The van der Waals surface area contributed by atoms with E-state index in [1.807, 2.05) is 31.2 Å². The third kappa shape index (κ3) is 5.61. The van der Waals surface area contributed by atoms with Gasteiger partial charge in [0, 0.05) is 15.8 Å². The average Bonchev–Trinajstić information content (AvgIpc) is 3.11. The quantitative estimate of drug-likeness (QED) is 0.358. The molecule has 0 spiro atoms. The van der Waals surface area contributed by atoms with Crippen molar-refractivity contribution in [1.82, 2.24) is 10.2 Å². The van der Waals surface area contributed by atoms with Crippen LogP contribution in [0.4, 0.5) is 5.13 Å². The largest absolute Gasteiger partial charge is 0.481 e. The second-order valence-electron chi connectivity index (χ2n) is 5.91. The Kier molecular flexibility index (Phi) is 7.18. The minimum Gasteiger partial charge on any atom is -0.481 e. The number of benzene rings is 2. The molecule has 1 amide bonds. The summed E-state index contributed by atoms with van der Waals surface area (Å²) in [5.74, 6) is 0.960. The zero-order valence-electron chi connectivity index (χ0n) is 15.1. The maximum Gasteiger partial charge on any atom is 0.266 e. The molecule has 0 saturated heterocycles. The van der Waals surface area contributed by atoms with Crippen LogP contribution in [0.15, 0.2) is 46.8 Å². The third-order valence-electron chi connectivity index (χ3n) is 3.76. The summed E-state index contributed by atoms with van der Waals surface area (Å²) in [5, 5.41) is 12.6. The fraction of sp³-hybridized carbons (Fsp3) is 0.211. The number of nitrogens with one attached hydrogen (secondary N) is 1. The molecular weight excluding hydrogens is 437 g/mol. The monoisotopic (exact) mass is 453 g/mol. The van der Waals surface area contributed by atoms with Crippen LogP contribution < -0.4 is 10.1 Å². The molecule has 0 aliphatic rings. The highest BCUT2D eigenvalue weighted by atomic mass is 35.5. The molecule has 0 aliphatic heterocycles. The van der Waals surface area contributed by atoms with Gasteiger partial charge in [0.1, 0.15) is 5.75 Å². The highest BCUT2D eigenvalue weighted by Gasteiger charge is 2.17. The normalized spacial score (nSPS) is 11.9. The van der Waals surface area contributed by atoms with Crippen LogP contribution in [0.3, 0.4) is 0 Å². The Bertz CT molecular complexity index is 981. The molecule has 28 heavy (non-hydrogen) atoms. The molecule has 3 aromatic rings. The Morgan fingerprint density at radius 2 is 2.00 bits per heavy atom.